The largest absolute Gasteiger partial charge is 0.300 e. The first-order chi connectivity index (χ1) is 5.54. The van der Waals surface area contributed by atoms with E-state index in [2.05, 4.69) is 4.99 Å². The van der Waals surface area contributed by atoms with Crippen molar-refractivity contribution in [1.29, 1.82) is 0 Å². The summed E-state index contributed by atoms with van der Waals surface area (Å²) in [7, 11) is -4.01. The van der Waals surface area contributed by atoms with Gasteiger partial charge in [-0.3, -0.25) is 9.55 Å². The van der Waals surface area contributed by atoms with Gasteiger partial charge in [0.15, 0.2) is 0 Å². The lowest BCUT2D eigenvalue weighted by atomic mass is 10.5. The third kappa shape index (κ3) is 2.33. The third-order valence-electron chi connectivity index (χ3n) is 1.25. The van der Waals surface area contributed by atoms with E-state index in [1.807, 2.05) is 6.92 Å². The third-order valence-corrected chi connectivity index (χ3v) is 3.71. The van der Waals surface area contributed by atoms with Gasteiger partial charge in [-0.1, -0.05) is 11.8 Å². The van der Waals surface area contributed by atoms with Crippen LogP contribution in [0.3, 0.4) is 0 Å². The molecule has 1 N–H and O–H groups in total. The summed E-state index contributed by atoms with van der Waals surface area (Å²) in [5.74, 6) is 0. The van der Waals surface area contributed by atoms with Gasteiger partial charge in [-0.15, -0.1) is 0 Å². The van der Waals surface area contributed by atoms with Crippen molar-refractivity contribution in [2.75, 3.05) is 6.54 Å². The quantitative estimate of drug-likeness (QED) is 0.692. The summed E-state index contributed by atoms with van der Waals surface area (Å²) in [5.41, 5.74) is 0. The molecule has 0 atom stereocenters. The van der Waals surface area contributed by atoms with Crippen LogP contribution in [0.5, 0.6) is 0 Å². The fraction of sp³-hybridized carbons (Fsp3) is 0.500. The average molecular weight is 207 g/mol. The highest BCUT2D eigenvalue weighted by Gasteiger charge is 2.21. The SMILES string of the molecule is CCN=C1CC=C(S(=O)(=O)O)S1. The molecule has 6 heteroatoms. The molecule has 0 saturated heterocycles. The van der Waals surface area contributed by atoms with Gasteiger partial charge in [0.2, 0.25) is 0 Å². The Bertz CT molecular complexity index is 329. The monoisotopic (exact) mass is 207 g/mol. The highest BCUT2D eigenvalue weighted by atomic mass is 32.3. The van der Waals surface area contributed by atoms with Gasteiger partial charge in [0.05, 0.1) is 5.04 Å². The van der Waals surface area contributed by atoms with Crippen LogP contribution in [-0.4, -0.2) is 24.6 Å². The van der Waals surface area contributed by atoms with Crippen molar-refractivity contribution >= 4 is 26.9 Å². The maximum atomic E-state index is 10.6. The molecule has 0 amide bonds. The van der Waals surface area contributed by atoms with Crippen LogP contribution in [0.2, 0.25) is 0 Å². The van der Waals surface area contributed by atoms with Crippen molar-refractivity contribution in [2.24, 2.45) is 4.99 Å². The predicted molar refractivity (Wildman–Crippen MR) is 49.8 cm³/mol. The molecule has 0 bridgehead atoms. The Labute approximate surface area is 75.5 Å². The number of thioether (sulfide) groups is 1. The molecular formula is C6H9NO3S2. The molecular weight excluding hydrogens is 198 g/mol. The van der Waals surface area contributed by atoms with E-state index in [4.69, 9.17) is 4.55 Å². The molecule has 4 nitrogen and oxygen atoms in total. The Hall–Kier alpha value is -0.330. The molecule has 0 aromatic carbocycles. The molecule has 0 unspecified atom stereocenters. The first-order valence-corrected chi connectivity index (χ1v) is 5.68. The van der Waals surface area contributed by atoms with E-state index in [9.17, 15) is 8.42 Å². The number of hydrogen-bond donors (Lipinski definition) is 1. The number of hydrogen-bond acceptors (Lipinski definition) is 4. The maximum Gasteiger partial charge on any atom is 0.300 e. The van der Waals surface area contributed by atoms with Crippen molar-refractivity contribution in [3.63, 3.8) is 0 Å². The molecule has 0 aromatic rings. The lowest BCUT2D eigenvalue weighted by Gasteiger charge is -1.95. The Balaban J connectivity index is 2.74. The predicted octanol–water partition coefficient (Wildman–Crippen LogP) is 1.27. The summed E-state index contributed by atoms with van der Waals surface area (Å²) in [4.78, 5) is 4.04. The van der Waals surface area contributed by atoms with Gasteiger partial charge >= 0.3 is 10.1 Å². The van der Waals surface area contributed by atoms with Crippen molar-refractivity contribution in [3.8, 4) is 0 Å². The minimum Gasteiger partial charge on any atom is -0.282 e. The van der Waals surface area contributed by atoms with Gasteiger partial charge in [0.1, 0.15) is 4.24 Å². The van der Waals surface area contributed by atoms with Crippen LogP contribution in [0.25, 0.3) is 0 Å². The highest BCUT2D eigenvalue weighted by molar-refractivity contribution is 8.26. The molecule has 0 saturated carbocycles. The minimum absolute atomic E-state index is 0.00491. The zero-order valence-corrected chi connectivity index (χ0v) is 8.15. The Kier molecular flexibility index (Phi) is 2.92. The fourth-order valence-electron chi connectivity index (χ4n) is 0.801. The Morgan fingerprint density at radius 3 is 2.83 bits per heavy atom. The summed E-state index contributed by atoms with van der Waals surface area (Å²) in [6, 6.07) is 0. The van der Waals surface area contributed by atoms with E-state index < -0.39 is 10.1 Å². The van der Waals surface area contributed by atoms with E-state index in [0.29, 0.717) is 13.0 Å². The zero-order valence-electron chi connectivity index (χ0n) is 6.52. The molecule has 12 heavy (non-hydrogen) atoms. The van der Waals surface area contributed by atoms with Crippen LogP contribution in [0.15, 0.2) is 15.3 Å². The lowest BCUT2D eigenvalue weighted by molar-refractivity contribution is 0.493. The van der Waals surface area contributed by atoms with Gasteiger partial charge < -0.3 is 0 Å². The van der Waals surface area contributed by atoms with E-state index in [1.165, 1.54) is 6.08 Å². The number of allylic oxidation sites excluding steroid dienone is 1. The van der Waals surface area contributed by atoms with E-state index in [1.54, 1.807) is 0 Å². The Morgan fingerprint density at radius 2 is 2.42 bits per heavy atom. The number of aliphatic imine (C=N–C) groups is 1. The highest BCUT2D eigenvalue weighted by Crippen LogP contribution is 2.31. The van der Waals surface area contributed by atoms with Crippen LogP contribution in [-0.2, 0) is 10.1 Å². The summed E-state index contributed by atoms with van der Waals surface area (Å²) in [6.45, 7) is 2.51. The molecule has 1 aliphatic heterocycles. The van der Waals surface area contributed by atoms with E-state index >= 15 is 0 Å². The molecule has 0 aromatic heterocycles. The van der Waals surface area contributed by atoms with E-state index in [-0.39, 0.29) is 4.24 Å². The topological polar surface area (TPSA) is 66.7 Å². The zero-order chi connectivity index (χ0) is 9.19. The second kappa shape index (κ2) is 3.59. The normalized spacial score (nSPS) is 21.5. The first kappa shape index (κ1) is 9.76. The molecule has 1 aliphatic rings. The molecule has 1 heterocycles. The van der Waals surface area contributed by atoms with Crippen LogP contribution < -0.4 is 0 Å². The summed E-state index contributed by atoms with van der Waals surface area (Å²) in [5, 5.41) is 0.741. The summed E-state index contributed by atoms with van der Waals surface area (Å²) >= 11 is 1.02. The molecule has 0 spiro atoms. The Morgan fingerprint density at radius 1 is 1.75 bits per heavy atom. The molecule has 0 aliphatic carbocycles. The minimum atomic E-state index is -4.01. The first-order valence-electron chi connectivity index (χ1n) is 3.43. The van der Waals surface area contributed by atoms with Gasteiger partial charge in [-0.25, -0.2) is 0 Å². The molecule has 1 rings (SSSR count). The number of nitrogens with zero attached hydrogens (tertiary/aromatic N) is 1. The standard InChI is InChI=1S/C6H9NO3S2/c1-2-7-5-3-4-6(11-5)12(8,9)10/h4H,2-3H2,1H3,(H,8,9,10). The van der Waals surface area contributed by atoms with Gasteiger partial charge in [0, 0.05) is 13.0 Å². The molecule has 0 radical (unpaired) electrons. The molecule has 68 valence electrons. The smallest absolute Gasteiger partial charge is 0.282 e. The summed E-state index contributed by atoms with van der Waals surface area (Å²) < 4.78 is 29.8. The average Bonchev–Trinajstić information content (AvgIpc) is 2.35. The second-order valence-corrected chi connectivity index (χ2v) is 4.94. The van der Waals surface area contributed by atoms with Gasteiger partial charge in [0.25, 0.3) is 0 Å². The van der Waals surface area contributed by atoms with Crippen molar-refractivity contribution < 1.29 is 13.0 Å². The van der Waals surface area contributed by atoms with Crippen LogP contribution >= 0.6 is 11.8 Å². The van der Waals surface area contributed by atoms with Crippen LogP contribution in [0, 0.1) is 0 Å². The van der Waals surface area contributed by atoms with Gasteiger partial charge in [-0.05, 0) is 13.0 Å². The summed E-state index contributed by atoms with van der Waals surface area (Å²) in [6.07, 6.45) is 1.97. The fourth-order valence-corrected chi connectivity index (χ4v) is 2.56. The second-order valence-electron chi connectivity index (χ2n) is 2.17. The van der Waals surface area contributed by atoms with E-state index in [0.717, 1.165) is 16.8 Å². The molecule has 0 fully saturated rings. The van der Waals surface area contributed by atoms with Crippen molar-refractivity contribution in [2.45, 2.75) is 13.3 Å². The van der Waals surface area contributed by atoms with Crippen molar-refractivity contribution in [3.05, 3.63) is 10.3 Å². The number of rotatable bonds is 2. The maximum absolute atomic E-state index is 10.6. The van der Waals surface area contributed by atoms with Crippen LogP contribution in [0.1, 0.15) is 13.3 Å². The lowest BCUT2D eigenvalue weighted by Crippen LogP contribution is -1.96. The van der Waals surface area contributed by atoms with Crippen molar-refractivity contribution in [1.82, 2.24) is 0 Å². The van der Waals surface area contributed by atoms with Gasteiger partial charge in [-0.2, -0.15) is 8.42 Å². The van der Waals surface area contributed by atoms with Crippen LogP contribution in [0.4, 0.5) is 0 Å².